The maximum absolute atomic E-state index is 12.8. The Kier molecular flexibility index (Phi) is 6.06. The van der Waals surface area contributed by atoms with E-state index in [9.17, 15) is 19.5 Å². The van der Waals surface area contributed by atoms with Gasteiger partial charge >= 0.3 is 5.97 Å². The summed E-state index contributed by atoms with van der Waals surface area (Å²) in [6.07, 6.45) is 0.810. The number of hydrogen-bond acceptors (Lipinski definition) is 5. The average Bonchev–Trinajstić information content (AvgIpc) is 2.94. The number of carbonyl (C=O) groups excluding carboxylic acids is 2. The van der Waals surface area contributed by atoms with E-state index in [2.05, 4.69) is 0 Å². The third kappa shape index (κ3) is 4.21. The van der Waals surface area contributed by atoms with Crippen molar-refractivity contribution in [3.63, 3.8) is 0 Å². The Labute approximate surface area is 170 Å². The first-order valence-electron chi connectivity index (χ1n) is 8.42. The molecule has 2 amide bonds. The predicted octanol–water partition coefficient (Wildman–Crippen LogP) is 4.82. The molecule has 144 valence electrons. The highest BCUT2D eigenvalue weighted by molar-refractivity contribution is 8.19. The summed E-state index contributed by atoms with van der Waals surface area (Å²) < 4.78 is 5.58. The molecule has 0 aromatic heterocycles. The van der Waals surface area contributed by atoms with E-state index < -0.39 is 23.2 Å². The fourth-order valence-corrected chi connectivity index (χ4v) is 3.63. The smallest absolute Gasteiger partial charge is 0.344 e. The van der Waals surface area contributed by atoms with Crippen molar-refractivity contribution < 1.29 is 24.2 Å². The molecular weight excluding hydrogens is 402 g/mol. The van der Waals surface area contributed by atoms with Gasteiger partial charge in [0.25, 0.3) is 11.1 Å². The Balaban J connectivity index is 1.92. The highest BCUT2D eigenvalue weighted by atomic mass is 35.5. The normalized spacial score (nSPS) is 16.5. The van der Waals surface area contributed by atoms with Gasteiger partial charge in [-0.05, 0) is 48.5 Å². The van der Waals surface area contributed by atoms with Crippen LogP contribution in [0.1, 0.15) is 18.9 Å². The molecule has 1 atom stereocenters. The van der Waals surface area contributed by atoms with Crippen LogP contribution in [0.25, 0.3) is 6.08 Å². The SMILES string of the molecule is CCC(Oc1ccccc1/C=C1/SC(=O)N(c2cccc(Cl)c2)C1=O)C(=O)O. The number of anilines is 1. The molecule has 1 unspecified atom stereocenters. The van der Waals surface area contributed by atoms with Gasteiger partial charge in [0.2, 0.25) is 0 Å². The monoisotopic (exact) mass is 417 g/mol. The standard InChI is InChI=1S/C20H16ClNO5S/c1-2-15(19(24)25)27-16-9-4-3-6-12(16)10-17-18(23)22(20(26)28-17)14-8-5-7-13(21)11-14/h3-11,15H,2H2,1H3,(H,24,25)/b17-10+. The van der Waals surface area contributed by atoms with Gasteiger partial charge in [-0.25, -0.2) is 9.69 Å². The fraction of sp³-hybridized carbons (Fsp3) is 0.150. The molecular formula is C20H16ClNO5S. The molecule has 1 fully saturated rings. The molecule has 8 heteroatoms. The molecule has 1 aliphatic heterocycles. The minimum absolute atomic E-state index is 0.212. The van der Waals surface area contributed by atoms with Crippen LogP contribution in [0.4, 0.5) is 10.5 Å². The third-order valence-corrected chi connectivity index (χ3v) is 5.09. The van der Waals surface area contributed by atoms with Gasteiger partial charge < -0.3 is 9.84 Å². The second-order valence-corrected chi connectivity index (χ2v) is 7.32. The lowest BCUT2D eigenvalue weighted by atomic mass is 10.1. The molecule has 0 aliphatic carbocycles. The number of ether oxygens (including phenoxy) is 1. The fourth-order valence-electron chi connectivity index (χ4n) is 2.62. The summed E-state index contributed by atoms with van der Waals surface area (Å²) in [4.78, 5) is 37.7. The molecule has 0 spiro atoms. The van der Waals surface area contributed by atoms with Gasteiger partial charge in [0, 0.05) is 10.6 Å². The summed E-state index contributed by atoms with van der Waals surface area (Å²) in [5.41, 5.74) is 0.902. The van der Waals surface area contributed by atoms with Crippen LogP contribution in [0.2, 0.25) is 5.02 Å². The molecule has 1 saturated heterocycles. The largest absolute Gasteiger partial charge is 0.479 e. The van der Waals surface area contributed by atoms with Crippen molar-refractivity contribution in [2.75, 3.05) is 4.90 Å². The summed E-state index contributed by atoms with van der Waals surface area (Å²) >= 11 is 6.76. The molecule has 6 nitrogen and oxygen atoms in total. The molecule has 1 aliphatic rings. The van der Waals surface area contributed by atoms with Crippen LogP contribution in [0.15, 0.2) is 53.4 Å². The molecule has 3 rings (SSSR count). The number of rotatable bonds is 6. The Morgan fingerprint density at radius 3 is 2.68 bits per heavy atom. The molecule has 28 heavy (non-hydrogen) atoms. The van der Waals surface area contributed by atoms with Crippen LogP contribution < -0.4 is 9.64 Å². The zero-order valence-corrected chi connectivity index (χ0v) is 16.4. The van der Waals surface area contributed by atoms with Crippen LogP contribution in [-0.4, -0.2) is 28.3 Å². The van der Waals surface area contributed by atoms with Crippen molar-refractivity contribution >= 4 is 52.2 Å². The number of halogens is 1. The summed E-state index contributed by atoms with van der Waals surface area (Å²) in [7, 11) is 0. The Bertz CT molecular complexity index is 975. The number of hydrogen-bond donors (Lipinski definition) is 1. The number of benzene rings is 2. The van der Waals surface area contributed by atoms with E-state index in [1.807, 2.05) is 0 Å². The summed E-state index contributed by atoms with van der Waals surface area (Å²) in [5.74, 6) is -1.22. The second-order valence-electron chi connectivity index (χ2n) is 5.89. The maximum atomic E-state index is 12.8. The summed E-state index contributed by atoms with van der Waals surface area (Å²) in [6, 6.07) is 13.2. The first-order valence-corrected chi connectivity index (χ1v) is 9.62. The van der Waals surface area contributed by atoms with E-state index in [1.54, 1.807) is 49.4 Å². The van der Waals surface area contributed by atoms with E-state index in [1.165, 1.54) is 12.1 Å². The van der Waals surface area contributed by atoms with Crippen molar-refractivity contribution in [3.8, 4) is 5.75 Å². The Morgan fingerprint density at radius 1 is 1.25 bits per heavy atom. The van der Waals surface area contributed by atoms with E-state index in [4.69, 9.17) is 16.3 Å². The number of amides is 2. The quantitative estimate of drug-likeness (QED) is 0.678. The zero-order valence-electron chi connectivity index (χ0n) is 14.8. The summed E-state index contributed by atoms with van der Waals surface area (Å²) in [5, 5.41) is 9.19. The first kappa shape index (κ1) is 20.0. The molecule has 2 aromatic rings. The topological polar surface area (TPSA) is 83.9 Å². The lowest BCUT2D eigenvalue weighted by molar-refractivity contribution is -0.145. The first-order chi connectivity index (χ1) is 13.4. The number of carboxylic acid groups (broad SMARTS) is 1. The van der Waals surface area contributed by atoms with Gasteiger partial charge in [-0.1, -0.05) is 42.8 Å². The van der Waals surface area contributed by atoms with E-state index in [0.29, 0.717) is 22.0 Å². The third-order valence-electron chi connectivity index (χ3n) is 3.98. The van der Waals surface area contributed by atoms with Gasteiger partial charge in [-0.15, -0.1) is 0 Å². The van der Waals surface area contributed by atoms with Crippen molar-refractivity contribution in [2.24, 2.45) is 0 Å². The van der Waals surface area contributed by atoms with Gasteiger partial charge in [0.05, 0.1) is 10.6 Å². The van der Waals surface area contributed by atoms with Crippen molar-refractivity contribution in [2.45, 2.75) is 19.4 Å². The van der Waals surface area contributed by atoms with Gasteiger partial charge in [-0.2, -0.15) is 0 Å². The van der Waals surface area contributed by atoms with Crippen molar-refractivity contribution in [1.82, 2.24) is 0 Å². The van der Waals surface area contributed by atoms with Crippen LogP contribution in [-0.2, 0) is 9.59 Å². The Morgan fingerprint density at radius 2 is 2.00 bits per heavy atom. The van der Waals surface area contributed by atoms with Gasteiger partial charge in [0.1, 0.15) is 5.75 Å². The van der Waals surface area contributed by atoms with Crippen LogP contribution >= 0.6 is 23.4 Å². The Hall–Kier alpha value is -2.77. The molecule has 2 aromatic carbocycles. The summed E-state index contributed by atoms with van der Waals surface area (Å²) in [6.45, 7) is 1.71. The lowest BCUT2D eigenvalue weighted by Crippen LogP contribution is -2.27. The highest BCUT2D eigenvalue weighted by Crippen LogP contribution is 2.37. The average molecular weight is 418 g/mol. The number of imide groups is 1. The molecule has 1 N–H and O–H groups in total. The van der Waals surface area contributed by atoms with Gasteiger partial charge in [0.15, 0.2) is 6.10 Å². The predicted molar refractivity (Wildman–Crippen MR) is 109 cm³/mol. The lowest BCUT2D eigenvalue weighted by Gasteiger charge is -2.15. The van der Waals surface area contributed by atoms with E-state index in [-0.39, 0.29) is 11.3 Å². The number of para-hydroxylation sites is 1. The van der Waals surface area contributed by atoms with Crippen molar-refractivity contribution in [1.29, 1.82) is 0 Å². The molecule has 1 heterocycles. The molecule has 0 bridgehead atoms. The zero-order chi connectivity index (χ0) is 20.3. The number of carbonyl (C=O) groups is 3. The van der Waals surface area contributed by atoms with Crippen LogP contribution in [0, 0.1) is 0 Å². The highest BCUT2D eigenvalue weighted by Gasteiger charge is 2.36. The number of aliphatic carboxylic acids is 1. The van der Waals surface area contributed by atoms with Gasteiger partial charge in [-0.3, -0.25) is 9.59 Å². The minimum Gasteiger partial charge on any atom is -0.479 e. The second kappa shape index (κ2) is 8.50. The van der Waals surface area contributed by atoms with Crippen LogP contribution in [0.3, 0.4) is 0 Å². The van der Waals surface area contributed by atoms with E-state index >= 15 is 0 Å². The van der Waals surface area contributed by atoms with Crippen LogP contribution in [0.5, 0.6) is 5.75 Å². The van der Waals surface area contributed by atoms with E-state index in [0.717, 1.165) is 16.7 Å². The minimum atomic E-state index is -1.07. The molecule has 0 radical (unpaired) electrons. The molecule has 0 saturated carbocycles. The number of nitrogens with zero attached hydrogens (tertiary/aromatic N) is 1. The maximum Gasteiger partial charge on any atom is 0.344 e. The number of thioether (sulfide) groups is 1. The van der Waals surface area contributed by atoms with Crippen molar-refractivity contribution in [3.05, 3.63) is 64.0 Å². The number of carboxylic acids is 1.